The van der Waals surface area contributed by atoms with Crippen molar-refractivity contribution in [1.82, 2.24) is 4.72 Å². The largest absolute Gasteiger partial charge is 0.396 e. The van der Waals surface area contributed by atoms with E-state index in [1.807, 2.05) is 13.8 Å². The quantitative estimate of drug-likeness (QED) is 0.582. The Hall–Kier alpha value is -1.51. The average molecular weight is 302 g/mol. The number of benzene rings is 1. The molecule has 0 saturated heterocycles. The smallest absolute Gasteiger partial charge is 0.269 e. The summed E-state index contributed by atoms with van der Waals surface area (Å²) in [5.41, 5.74) is -0.535. The fourth-order valence-corrected chi connectivity index (χ4v) is 2.75. The summed E-state index contributed by atoms with van der Waals surface area (Å²) < 4.78 is 26.5. The van der Waals surface area contributed by atoms with Crippen LogP contribution in [0.2, 0.25) is 0 Å². The lowest BCUT2D eigenvalue weighted by atomic mass is 9.90. The number of hydrogen-bond acceptors (Lipinski definition) is 5. The molecule has 0 aliphatic carbocycles. The van der Waals surface area contributed by atoms with Gasteiger partial charge in [-0.15, -0.1) is 0 Å². The molecule has 0 radical (unpaired) electrons. The van der Waals surface area contributed by atoms with Crippen LogP contribution in [-0.2, 0) is 10.0 Å². The predicted molar refractivity (Wildman–Crippen MR) is 73.8 cm³/mol. The summed E-state index contributed by atoms with van der Waals surface area (Å²) in [5.74, 6) is 0. The van der Waals surface area contributed by atoms with Crippen LogP contribution in [0.15, 0.2) is 29.2 Å². The highest BCUT2D eigenvalue weighted by molar-refractivity contribution is 7.89. The van der Waals surface area contributed by atoms with E-state index in [1.165, 1.54) is 12.1 Å². The number of nitrogens with one attached hydrogen (secondary N) is 1. The number of nitrogens with zero attached hydrogens (tertiary/aromatic N) is 1. The zero-order valence-electron chi connectivity index (χ0n) is 11.4. The van der Waals surface area contributed by atoms with Gasteiger partial charge in [-0.05, 0) is 24.0 Å². The fourth-order valence-electron chi connectivity index (χ4n) is 1.51. The molecule has 112 valence electrons. The lowest BCUT2D eigenvalue weighted by molar-refractivity contribution is -0.384. The van der Waals surface area contributed by atoms with Crippen molar-refractivity contribution in [2.75, 3.05) is 13.2 Å². The minimum absolute atomic E-state index is 0.0216. The number of aliphatic hydroxyl groups is 1. The van der Waals surface area contributed by atoms with Crippen molar-refractivity contribution in [3.8, 4) is 0 Å². The van der Waals surface area contributed by atoms with Gasteiger partial charge in [0, 0.05) is 25.3 Å². The highest BCUT2D eigenvalue weighted by atomic mass is 32.2. The van der Waals surface area contributed by atoms with Crippen LogP contribution in [-0.4, -0.2) is 31.6 Å². The monoisotopic (exact) mass is 302 g/mol. The number of hydrogen-bond donors (Lipinski definition) is 2. The van der Waals surface area contributed by atoms with Crippen molar-refractivity contribution in [3.63, 3.8) is 0 Å². The lowest BCUT2D eigenvalue weighted by Crippen LogP contribution is -2.34. The Balaban J connectivity index is 2.81. The standard InChI is InChI=1S/C12H18N2O5S/c1-12(2,7-8-15)9-13-20(18,19)11-5-3-10(4-6-11)14(16)17/h3-6,13,15H,7-9H2,1-2H3. The van der Waals surface area contributed by atoms with Crippen molar-refractivity contribution >= 4 is 15.7 Å². The zero-order chi connectivity index (χ0) is 15.4. The highest BCUT2D eigenvalue weighted by Crippen LogP contribution is 2.20. The maximum Gasteiger partial charge on any atom is 0.269 e. The van der Waals surface area contributed by atoms with Gasteiger partial charge in [-0.1, -0.05) is 13.8 Å². The van der Waals surface area contributed by atoms with Gasteiger partial charge >= 0.3 is 0 Å². The molecule has 8 heteroatoms. The molecular weight excluding hydrogens is 284 g/mol. The molecule has 7 nitrogen and oxygen atoms in total. The molecule has 1 aromatic carbocycles. The number of nitro benzene ring substituents is 1. The van der Waals surface area contributed by atoms with Gasteiger partial charge in [0.25, 0.3) is 5.69 Å². The van der Waals surface area contributed by atoms with E-state index in [-0.39, 0.29) is 29.1 Å². The Labute approximate surface area is 117 Å². The molecular formula is C12H18N2O5S. The Kier molecular flexibility index (Phi) is 5.21. The molecule has 0 atom stereocenters. The molecule has 0 amide bonds. The van der Waals surface area contributed by atoms with Crippen molar-refractivity contribution in [2.24, 2.45) is 5.41 Å². The summed E-state index contributed by atoms with van der Waals surface area (Å²) in [6, 6.07) is 4.68. The third kappa shape index (κ3) is 4.55. The van der Waals surface area contributed by atoms with E-state index in [0.29, 0.717) is 6.42 Å². The fraction of sp³-hybridized carbons (Fsp3) is 0.500. The molecule has 0 bridgehead atoms. The summed E-state index contributed by atoms with van der Waals surface area (Å²) >= 11 is 0. The van der Waals surface area contributed by atoms with E-state index in [1.54, 1.807) is 0 Å². The number of rotatable bonds is 7. The van der Waals surface area contributed by atoms with Crippen LogP contribution in [0.4, 0.5) is 5.69 Å². The third-order valence-electron chi connectivity index (χ3n) is 2.89. The Morgan fingerprint density at radius 1 is 1.30 bits per heavy atom. The summed E-state index contributed by atoms with van der Waals surface area (Å²) in [4.78, 5) is 9.89. The maximum atomic E-state index is 12.0. The molecule has 2 N–H and O–H groups in total. The summed E-state index contributed by atoms with van der Waals surface area (Å²) in [6.45, 7) is 3.82. The highest BCUT2D eigenvalue weighted by Gasteiger charge is 2.22. The molecule has 0 unspecified atom stereocenters. The lowest BCUT2D eigenvalue weighted by Gasteiger charge is -2.23. The van der Waals surface area contributed by atoms with E-state index in [2.05, 4.69) is 4.72 Å². The number of sulfonamides is 1. The molecule has 20 heavy (non-hydrogen) atoms. The first-order chi connectivity index (χ1) is 9.18. The van der Waals surface area contributed by atoms with Crippen LogP contribution in [0.5, 0.6) is 0 Å². The second kappa shape index (κ2) is 6.29. The van der Waals surface area contributed by atoms with E-state index < -0.39 is 14.9 Å². The van der Waals surface area contributed by atoms with Gasteiger partial charge in [-0.2, -0.15) is 0 Å². The molecule has 0 spiro atoms. The first-order valence-corrected chi connectivity index (χ1v) is 7.51. The second-order valence-electron chi connectivity index (χ2n) is 5.21. The van der Waals surface area contributed by atoms with Crippen LogP contribution in [0.1, 0.15) is 20.3 Å². The van der Waals surface area contributed by atoms with Gasteiger partial charge in [-0.25, -0.2) is 13.1 Å². The van der Waals surface area contributed by atoms with E-state index >= 15 is 0 Å². The van der Waals surface area contributed by atoms with Gasteiger partial charge in [-0.3, -0.25) is 10.1 Å². The van der Waals surface area contributed by atoms with Crippen LogP contribution in [0, 0.1) is 15.5 Å². The van der Waals surface area contributed by atoms with Gasteiger partial charge in [0.1, 0.15) is 0 Å². The first kappa shape index (κ1) is 16.5. The average Bonchev–Trinajstić information content (AvgIpc) is 2.37. The van der Waals surface area contributed by atoms with Crippen molar-refractivity contribution < 1.29 is 18.4 Å². The van der Waals surface area contributed by atoms with E-state index in [4.69, 9.17) is 5.11 Å². The third-order valence-corrected chi connectivity index (χ3v) is 4.30. The number of nitro groups is 1. The predicted octanol–water partition coefficient (Wildman–Crippen LogP) is 1.28. The van der Waals surface area contributed by atoms with Gasteiger partial charge in [0.15, 0.2) is 0 Å². The molecule has 0 heterocycles. The SMILES string of the molecule is CC(C)(CCO)CNS(=O)(=O)c1ccc([N+](=O)[O-])cc1. The molecule has 0 fully saturated rings. The zero-order valence-corrected chi connectivity index (χ0v) is 12.2. The molecule has 0 aliphatic rings. The maximum absolute atomic E-state index is 12.0. The minimum Gasteiger partial charge on any atom is -0.396 e. The normalized spacial score (nSPS) is 12.3. The van der Waals surface area contributed by atoms with Gasteiger partial charge in [0.05, 0.1) is 9.82 Å². The van der Waals surface area contributed by atoms with Gasteiger partial charge in [0.2, 0.25) is 10.0 Å². The summed E-state index contributed by atoms with van der Waals surface area (Å²) in [7, 11) is -3.71. The van der Waals surface area contributed by atoms with Crippen molar-refractivity contribution in [2.45, 2.75) is 25.2 Å². The van der Waals surface area contributed by atoms with Crippen LogP contribution in [0.25, 0.3) is 0 Å². The second-order valence-corrected chi connectivity index (χ2v) is 6.98. The molecule has 0 saturated carbocycles. The first-order valence-electron chi connectivity index (χ1n) is 6.03. The van der Waals surface area contributed by atoms with Crippen LogP contribution in [0.3, 0.4) is 0 Å². The van der Waals surface area contributed by atoms with E-state index in [0.717, 1.165) is 12.1 Å². The molecule has 1 rings (SSSR count). The van der Waals surface area contributed by atoms with Crippen LogP contribution < -0.4 is 4.72 Å². The van der Waals surface area contributed by atoms with Crippen molar-refractivity contribution in [1.29, 1.82) is 0 Å². The number of non-ortho nitro benzene ring substituents is 1. The Morgan fingerprint density at radius 3 is 2.30 bits per heavy atom. The molecule has 0 aromatic heterocycles. The topological polar surface area (TPSA) is 110 Å². The molecule has 1 aromatic rings. The van der Waals surface area contributed by atoms with E-state index in [9.17, 15) is 18.5 Å². The Bertz CT molecular complexity index is 566. The summed E-state index contributed by atoms with van der Waals surface area (Å²) in [6.07, 6.45) is 0.468. The van der Waals surface area contributed by atoms with Gasteiger partial charge < -0.3 is 5.11 Å². The molecule has 0 aliphatic heterocycles. The van der Waals surface area contributed by atoms with Crippen molar-refractivity contribution in [3.05, 3.63) is 34.4 Å². The Morgan fingerprint density at radius 2 is 1.85 bits per heavy atom. The summed E-state index contributed by atoms with van der Waals surface area (Å²) in [5, 5.41) is 19.4. The number of aliphatic hydroxyl groups excluding tert-OH is 1. The minimum atomic E-state index is -3.71. The van der Waals surface area contributed by atoms with Crippen LogP contribution >= 0.6 is 0 Å².